The van der Waals surface area contributed by atoms with Crippen molar-refractivity contribution in [3.8, 4) is 33.4 Å². The molecule has 0 fully saturated rings. The Bertz CT molecular complexity index is 2580. The molecule has 0 bridgehead atoms. The minimum absolute atomic E-state index is 0.104. The van der Waals surface area contributed by atoms with Crippen LogP contribution in [0.1, 0.15) is 51.3 Å². The highest BCUT2D eigenvalue weighted by atomic mass is 16.3. The molecule has 0 unspecified atom stereocenters. The lowest BCUT2D eigenvalue weighted by atomic mass is 9.82. The Hall–Kier alpha value is -5.86. The number of hydrogen-bond acceptors (Lipinski definition) is 2. The maximum Gasteiger partial charge on any atom is 0.143 e. The Morgan fingerprint density at radius 1 is 0.490 bits per heavy atom. The molecular weight excluding hydrogens is 619 g/mol. The van der Waals surface area contributed by atoms with Crippen molar-refractivity contribution in [1.82, 2.24) is 0 Å². The third-order valence-electron chi connectivity index (χ3n) is 10.8. The molecule has 0 saturated carbocycles. The minimum atomic E-state index is -0.151. The summed E-state index contributed by atoms with van der Waals surface area (Å²) in [5.74, 6) is 0. The van der Waals surface area contributed by atoms with E-state index in [1.165, 1.54) is 44.6 Å². The smallest absolute Gasteiger partial charge is 0.143 e. The highest BCUT2D eigenvalue weighted by Gasteiger charge is 2.36. The summed E-state index contributed by atoms with van der Waals surface area (Å²) in [6.45, 7) is 11.7. The van der Waals surface area contributed by atoms with E-state index in [-0.39, 0.29) is 10.8 Å². The molecule has 0 radical (unpaired) electrons. The van der Waals surface area contributed by atoms with E-state index >= 15 is 0 Å². The maximum absolute atomic E-state index is 6.51. The Morgan fingerprint density at radius 3 is 1.92 bits per heavy atom. The van der Waals surface area contributed by atoms with Gasteiger partial charge in [0.25, 0.3) is 0 Å². The molecule has 2 nitrogen and oxygen atoms in total. The fraction of sp³-hybridized carbons (Fsp3) is 0.143. The summed E-state index contributed by atoms with van der Waals surface area (Å²) in [6, 6.07) is 57.4. The second-order valence-electron chi connectivity index (χ2n) is 15.4. The van der Waals surface area contributed by atoms with Gasteiger partial charge in [0.15, 0.2) is 0 Å². The second kappa shape index (κ2) is 11.6. The van der Waals surface area contributed by atoms with Crippen LogP contribution >= 0.6 is 0 Å². The zero-order valence-corrected chi connectivity index (χ0v) is 29.9. The van der Waals surface area contributed by atoms with Crippen LogP contribution in [0.15, 0.2) is 162 Å². The van der Waals surface area contributed by atoms with Crippen LogP contribution < -0.4 is 4.90 Å². The van der Waals surface area contributed by atoms with Crippen LogP contribution in [0, 0.1) is 0 Å². The monoisotopic (exact) mass is 659 g/mol. The van der Waals surface area contributed by atoms with Gasteiger partial charge in [-0.3, -0.25) is 0 Å². The first-order valence-electron chi connectivity index (χ1n) is 17.9. The second-order valence-corrected chi connectivity index (χ2v) is 15.4. The summed E-state index contributed by atoms with van der Waals surface area (Å²) >= 11 is 0. The molecule has 248 valence electrons. The van der Waals surface area contributed by atoms with Crippen LogP contribution in [0.2, 0.25) is 0 Å². The molecule has 1 aromatic heterocycles. The normalized spacial score (nSPS) is 13.4. The zero-order valence-electron chi connectivity index (χ0n) is 29.9. The van der Waals surface area contributed by atoms with Crippen LogP contribution in [0.4, 0.5) is 17.1 Å². The molecule has 1 aliphatic rings. The van der Waals surface area contributed by atoms with Gasteiger partial charge >= 0.3 is 0 Å². The van der Waals surface area contributed by atoms with Crippen molar-refractivity contribution in [2.75, 3.05) is 4.90 Å². The largest absolute Gasteiger partial charge is 0.455 e. The van der Waals surface area contributed by atoms with Crippen molar-refractivity contribution < 1.29 is 4.42 Å². The van der Waals surface area contributed by atoms with Gasteiger partial charge in [-0.05, 0) is 92.4 Å². The maximum atomic E-state index is 6.51. The highest BCUT2D eigenvalue weighted by Crippen LogP contribution is 2.51. The number of hydrogen-bond donors (Lipinski definition) is 0. The summed E-state index contributed by atoms with van der Waals surface area (Å²) in [5.41, 5.74) is 16.4. The van der Waals surface area contributed by atoms with E-state index in [2.05, 4.69) is 191 Å². The van der Waals surface area contributed by atoms with E-state index in [9.17, 15) is 0 Å². The van der Waals surface area contributed by atoms with Crippen molar-refractivity contribution in [2.45, 2.75) is 45.4 Å². The Kier molecular flexibility index (Phi) is 7.09. The first-order chi connectivity index (χ1) is 24.7. The lowest BCUT2D eigenvalue weighted by molar-refractivity contribution is 0.591. The molecule has 0 saturated heterocycles. The van der Waals surface area contributed by atoms with E-state index in [4.69, 9.17) is 4.42 Å². The number of para-hydroxylation sites is 2. The number of rotatable bonds is 5. The minimum Gasteiger partial charge on any atom is -0.455 e. The number of furan rings is 1. The summed E-state index contributed by atoms with van der Waals surface area (Å²) in [5, 5.41) is 2.29. The number of anilines is 3. The molecule has 1 aliphatic carbocycles. The predicted octanol–water partition coefficient (Wildman–Crippen LogP) is 14.0. The quantitative estimate of drug-likeness (QED) is 0.183. The molecule has 0 atom stereocenters. The fourth-order valence-corrected chi connectivity index (χ4v) is 8.17. The molecule has 9 rings (SSSR count). The SMILES string of the molecule is CC(C)(C)c1cc(-c2cccc3c2oc2ccccc23)ccc1N(c1ccc(-c2ccccc2)cc1)c1ccc2c(c1)C(C)(C)c1ccccc1-2. The predicted molar refractivity (Wildman–Crippen MR) is 216 cm³/mol. The van der Waals surface area contributed by atoms with E-state index < -0.39 is 0 Å². The van der Waals surface area contributed by atoms with Gasteiger partial charge in [0, 0.05) is 38.8 Å². The number of benzene rings is 7. The van der Waals surface area contributed by atoms with Crippen molar-refractivity contribution in [3.63, 3.8) is 0 Å². The van der Waals surface area contributed by atoms with Crippen LogP contribution in [-0.4, -0.2) is 0 Å². The Labute approximate surface area is 300 Å². The zero-order chi connectivity index (χ0) is 34.9. The van der Waals surface area contributed by atoms with Gasteiger partial charge in [-0.1, -0.05) is 150 Å². The third kappa shape index (κ3) is 5.09. The van der Waals surface area contributed by atoms with Gasteiger partial charge in [-0.2, -0.15) is 0 Å². The summed E-state index contributed by atoms with van der Waals surface area (Å²) < 4.78 is 6.51. The summed E-state index contributed by atoms with van der Waals surface area (Å²) in [6.07, 6.45) is 0. The van der Waals surface area contributed by atoms with Gasteiger partial charge in [-0.25, -0.2) is 0 Å². The molecule has 2 heteroatoms. The van der Waals surface area contributed by atoms with Gasteiger partial charge in [0.2, 0.25) is 0 Å². The van der Waals surface area contributed by atoms with E-state index in [1.54, 1.807) is 0 Å². The molecule has 0 amide bonds. The lowest BCUT2D eigenvalue weighted by Gasteiger charge is -2.33. The Morgan fingerprint density at radius 2 is 1.12 bits per heavy atom. The van der Waals surface area contributed by atoms with Gasteiger partial charge in [-0.15, -0.1) is 0 Å². The topological polar surface area (TPSA) is 16.4 Å². The molecule has 51 heavy (non-hydrogen) atoms. The van der Waals surface area contributed by atoms with E-state index in [0.29, 0.717) is 0 Å². The first-order valence-corrected chi connectivity index (χ1v) is 17.9. The van der Waals surface area contributed by atoms with Crippen LogP contribution in [-0.2, 0) is 10.8 Å². The number of fused-ring (bicyclic) bond motifs is 6. The van der Waals surface area contributed by atoms with Gasteiger partial charge < -0.3 is 9.32 Å². The van der Waals surface area contributed by atoms with Crippen molar-refractivity contribution in [1.29, 1.82) is 0 Å². The third-order valence-corrected chi connectivity index (χ3v) is 10.8. The van der Waals surface area contributed by atoms with Gasteiger partial charge in [0.1, 0.15) is 11.2 Å². The van der Waals surface area contributed by atoms with Crippen molar-refractivity contribution >= 4 is 39.0 Å². The van der Waals surface area contributed by atoms with Crippen LogP contribution in [0.25, 0.3) is 55.3 Å². The fourth-order valence-electron chi connectivity index (χ4n) is 8.17. The average Bonchev–Trinajstić information content (AvgIpc) is 3.64. The van der Waals surface area contributed by atoms with E-state index in [0.717, 1.165) is 44.4 Å². The Balaban J connectivity index is 1.24. The molecule has 0 N–H and O–H groups in total. The molecule has 1 heterocycles. The van der Waals surface area contributed by atoms with Crippen LogP contribution in [0.5, 0.6) is 0 Å². The average molecular weight is 660 g/mol. The lowest BCUT2D eigenvalue weighted by Crippen LogP contribution is -2.20. The highest BCUT2D eigenvalue weighted by molar-refractivity contribution is 6.09. The van der Waals surface area contributed by atoms with Crippen LogP contribution in [0.3, 0.4) is 0 Å². The number of nitrogens with zero attached hydrogens (tertiary/aromatic N) is 1. The van der Waals surface area contributed by atoms with Gasteiger partial charge in [0.05, 0.1) is 0 Å². The molecule has 7 aromatic carbocycles. The molecular formula is C49H41NO. The van der Waals surface area contributed by atoms with Crippen molar-refractivity contribution in [3.05, 3.63) is 174 Å². The summed E-state index contributed by atoms with van der Waals surface area (Å²) in [7, 11) is 0. The summed E-state index contributed by atoms with van der Waals surface area (Å²) in [4.78, 5) is 2.46. The first kappa shape index (κ1) is 31.1. The molecule has 8 aromatic rings. The molecule has 0 spiro atoms. The van der Waals surface area contributed by atoms with Crippen molar-refractivity contribution in [2.24, 2.45) is 0 Å². The van der Waals surface area contributed by atoms with E-state index in [1.807, 2.05) is 6.07 Å². The standard InChI is InChI=1S/C49H41NO/c1-48(2,3)44-30-34(37-18-13-19-41-40-17-10-12-21-46(40)51-47(37)41)24-29-45(44)50(35-25-22-33(23-26-35)32-14-7-6-8-15-32)36-27-28-39-38-16-9-11-20-42(38)49(4,5)43(39)31-36/h6-31H,1-5H3. The molecule has 0 aliphatic heterocycles.